The van der Waals surface area contributed by atoms with E-state index in [1.165, 1.54) is 0 Å². The summed E-state index contributed by atoms with van der Waals surface area (Å²) in [5, 5.41) is 12.6. The zero-order valence-corrected chi connectivity index (χ0v) is 8.92. The van der Waals surface area contributed by atoms with E-state index in [4.69, 9.17) is 4.74 Å². The van der Waals surface area contributed by atoms with Crippen LogP contribution in [0.1, 0.15) is 6.42 Å². The smallest absolute Gasteiger partial charge is 0.0791 e. The van der Waals surface area contributed by atoms with Gasteiger partial charge in [-0.3, -0.25) is 0 Å². The van der Waals surface area contributed by atoms with E-state index in [2.05, 4.69) is 5.32 Å². The third kappa shape index (κ3) is 9.76. The molecule has 0 bridgehead atoms. The lowest BCUT2D eigenvalue weighted by atomic mass is 10.3. The quantitative estimate of drug-likeness (QED) is 0.508. The number of nitrogens with zero attached hydrogens (tertiary/aromatic N) is 1. The Balaban J connectivity index is 3.12. The van der Waals surface area contributed by atoms with Gasteiger partial charge in [0.05, 0.1) is 6.10 Å². The van der Waals surface area contributed by atoms with Gasteiger partial charge in [-0.1, -0.05) is 0 Å². The number of rotatable bonds is 8. The van der Waals surface area contributed by atoms with Crippen LogP contribution in [0, 0.1) is 0 Å². The first kappa shape index (κ1) is 12.8. The van der Waals surface area contributed by atoms with Gasteiger partial charge in [-0.2, -0.15) is 0 Å². The average molecular weight is 190 g/mol. The van der Waals surface area contributed by atoms with E-state index in [-0.39, 0.29) is 6.10 Å². The third-order valence-electron chi connectivity index (χ3n) is 1.66. The highest BCUT2D eigenvalue weighted by Gasteiger charge is 2.03. The fourth-order valence-corrected chi connectivity index (χ4v) is 1.10. The van der Waals surface area contributed by atoms with Crippen LogP contribution in [0.3, 0.4) is 0 Å². The van der Waals surface area contributed by atoms with Crippen LogP contribution in [0.4, 0.5) is 0 Å². The van der Waals surface area contributed by atoms with E-state index in [1.54, 1.807) is 7.11 Å². The molecule has 0 aromatic heterocycles. The number of methoxy groups -OCH3 is 1. The molecule has 0 spiro atoms. The van der Waals surface area contributed by atoms with Crippen molar-refractivity contribution < 1.29 is 9.84 Å². The second-order valence-corrected chi connectivity index (χ2v) is 3.47. The van der Waals surface area contributed by atoms with Gasteiger partial charge in [0.1, 0.15) is 0 Å². The standard InChI is InChI=1S/C9H22N2O2/c1-11(2)8-9(12)7-10-5-4-6-13-3/h9-10,12H,4-8H2,1-3H3. The van der Waals surface area contributed by atoms with Crippen LogP contribution in [0.25, 0.3) is 0 Å². The molecule has 0 amide bonds. The molecule has 13 heavy (non-hydrogen) atoms. The molecular weight excluding hydrogens is 168 g/mol. The van der Waals surface area contributed by atoms with Crippen LogP contribution in [-0.2, 0) is 4.74 Å². The topological polar surface area (TPSA) is 44.7 Å². The summed E-state index contributed by atoms with van der Waals surface area (Å²) >= 11 is 0. The van der Waals surface area contributed by atoms with Crippen LogP contribution in [0.5, 0.6) is 0 Å². The van der Waals surface area contributed by atoms with Gasteiger partial charge in [-0.25, -0.2) is 0 Å². The summed E-state index contributed by atoms with van der Waals surface area (Å²) in [6, 6.07) is 0. The van der Waals surface area contributed by atoms with Crippen LogP contribution in [0.15, 0.2) is 0 Å². The number of ether oxygens (including phenoxy) is 1. The molecule has 1 unspecified atom stereocenters. The Bertz CT molecular complexity index is 110. The molecule has 0 saturated heterocycles. The van der Waals surface area contributed by atoms with E-state index in [9.17, 15) is 5.11 Å². The van der Waals surface area contributed by atoms with Gasteiger partial charge in [0.25, 0.3) is 0 Å². The maximum absolute atomic E-state index is 9.44. The fourth-order valence-electron chi connectivity index (χ4n) is 1.10. The molecule has 0 aliphatic heterocycles. The number of nitrogens with one attached hydrogen (secondary N) is 1. The number of hydrogen-bond acceptors (Lipinski definition) is 4. The van der Waals surface area contributed by atoms with Crippen molar-refractivity contribution in [1.29, 1.82) is 0 Å². The van der Waals surface area contributed by atoms with Gasteiger partial charge in [0.15, 0.2) is 0 Å². The maximum atomic E-state index is 9.44. The highest BCUT2D eigenvalue weighted by Crippen LogP contribution is 1.84. The Morgan fingerprint density at radius 1 is 1.46 bits per heavy atom. The lowest BCUT2D eigenvalue weighted by Crippen LogP contribution is -2.35. The lowest BCUT2D eigenvalue weighted by molar-refractivity contribution is 0.133. The second kappa shape index (κ2) is 8.44. The summed E-state index contributed by atoms with van der Waals surface area (Å²) in [5.74, 6) is 0. The van der Waals surface area contributed by atoms with Crippen molar-refractivity contribution in [3.8, 4) is 0 Å². The van der Waals surface area contributed by atoms with E-state index in [0.717, 1.165) is 19.6 Å². The number of hydrogen-bond donors (Lipinski definition) is 2. The number of likely N-dealkylation sites (N-methyl/N-ethyl adjacent to an activating group) is 1. The minimum absolute atomic E-state index is 0.280. The highest BCUT2D eigenvalue weighted by molar-refractivity contribution is 4.61. The summed E-state index contributed by atoms with van der Waals surface area (Å²) in [5.41, 5.74) is 0. The van der Waals surface area contributed by atoms with Crippen molar-refractivity contribution in [2.24, 2.45) is 0 Å². The molecule has 1 atom stereocenters. The van der Waals surface area contributed by atoms with Crippen molar-refractivity contribution in [3.63, 3.8) is 0 Å². The molecule has 0 rings (SSSR count). The second-order valence-electron chi connectivity index (χ2n) is 3.47. The molecule has 0 aliphatic carbocycles. The number of aliphatic hydroxyl groups excluding tert-OH is 1. The van der Waals surface area contributed by atoms with Gasteiger partial charge in [0.2, 0.25) is 0 Å². The zero-order chi connectivity index (χ0) is 10.1. The molecule has 0 fully saturated rings. The molecule has 0 saturated carbocycles. The Kier molecular flexibility index (Phi) is 8.33. The molecular formula is C9H22N2O2. The van der Waals surface area contributed by atoms with Crippen LogP contribution in [0.2, 0.25) is 0 Å². The first-order valence-corrected chi connectivity index (χ1v) is 4.69. The predicted molar refractivity (Wildman–Crippen MR) is 53.9 cm³/mol. The molecule has 4 nitrogen and oxygen atoms in total. The molecule has 0 aromatic rings. The SMILES string of the molecule is COCCCNCC(O)CN(C)C. The van der Waals surface area contributed by atoms with E-state index < -0.39 is 0 Å². The highest BCUT2D eigenvalue weighted by atomic mass is 16.5. The Hall–Kier alpha value is -0.160. The van der Waals surface area contributed by atoms with E-state index in [0.29, 0.717) is 13.1 Å². The Morgan fingerprint density at radius 3 is 2.69 bits per heavy atom. The van der Waals surface area contributed by atoms with Crippen LogP contribution < -0.4 is 5.32 Å². The van der Waals surface area contributed by atoms with Crippen molar-refractivity contribution >= 4 is 0 Å². The van der Waals surface area contributed by atoms with E-state index >= 15 is 0 Å². The summed E-state index contributed by atoms with van der Waals surface area (Å²) in [6.45, 7) is 3.04. The third-order valence-corrected chi connectivity index (χ3v) is 1.66. The lowest BCUT2D eigenvalue weighted by Gasteiger charge is -2.16. The van der Waals surface area contributed by atoms with Gasteiger partial charge in [0, 0.05) is 26.8 Å². The molecule has 0 aromatic carbocycles. The monoisotopic (exact) mass is 190 g/mol. The predicted octanol–water partition coefficient (Wildman–Crippen LogP) is -0.465. The number of aliphatic hydroxyl groups is 1. The maximum Gasteiger partial charge on any atom is 0.0791 e. The first-order valence-electron chi connectivity index (χ1n) is 4.69. The molecule has 0 aliphatic rings. The minimum atomic E-state index is -0.280. The van der Waals surface area contributed by atoms with Crippen molar-refractivity contribution in [3.05, 3.63) is 0 Å². The summed E-state index contributed by atoms with van der Waals surface area (Å²) < 4.78 is 4.90. The Labute approximate surface area is 80.9 Å². The molecule has 80 valence electrons. The van der Waals surface area contributed by atoms with Gasteiger partial charge in [-0.15, -0.1) is 0 Å². The van der Waals surface area contributed by atoms with Gasteiger partial charge in [-0.05, 0) is 27.1 Å². The van der Waals surface area contributed by atoms with Crippen molar-refractivity contribution in [1.82, 2.24) is 10.2 Å². The normalized spacial score (nSPS) is 13.6. The van der Waals surface area contributed by atoms with Crippen molar-refractivity contribution in [2.75, 3.05) is 47.4 Å². The first-order chi connectivity index (χ1) is 6.16. The van der Waals surface area contributed by atoms with Gasteiger partial charge < -0.3 is 20.1 Å². The molecule has 0 heterocycles. The van der Waals surface area contributed by atoms with E-state index in [1.807, 2.05) is 19.0 Å². The zero-order valence-electron chi connectivity index (χ0n) is 8.92. The van der Waals surface area contributed by atoms with Gasteiger partial charge >= 0.3 is 0 Å². The molecule has 4 heteroatoms. The van der Waals surface area contributed by atoms with Crippen LogP contribution in [-0.4, -0.2) is 63.6 Å². The summed E-state index contributed by atoms with van der Waals surface area (Å²) in [6.07, 6.45) is 0.711. The molecule has 2 N–H and O–H groups in total. The Morgan fingerprint density at radius 2 is 2.15 bits per heavy atom. The average Bonchev–Trinajstić information content (AvgIpc) is 2.02. The van der Waals surface area contributed by atoms with Crippen LogP contribution >= 0.6 is 0 Å². The molecule has 0 radical (unpaired) electrons. The summed E-state index contributed by atoms with van der Waals surface area (Å²) in [4.78, 5) is 1.97. The minimum Gasteiger partial charge on any atom is -0.390 e. The largest absolute Gasteiger partial charge is 0.390 e. The summed E-state index contributed by atoms with van der Waals surface area (Å²) in [7, 11) is 5.60. The van der Waals surface area contributed by atoms with Crippen molar-refractivity contribution in [2.45, 2.75) is 12.5 Å². The fraction of sp³-hybridized carbons (Fsp3) is 1.00.